The van der Waals surface area contributed by atoms with E-state index in [1.54, 1.807) is 7.11 Å². The number of carbonyl (C=O) groups is 1. The molecule has 31 heavy (non-hydrogen) atoms. The molecule has 0 aliphatic carbocycles. The van der Waals surface area contributed by atoms with Crippen LogP contribution in [0, 0.1) is 0 Å². The molecule has 166 valence electrons. The van der Waals surface area contributed by atoms with Crippen molar-refractivity contribution >= 4 is 17.7 Å². The van der Waals surface area contributed by atoms with Crippen LogP contribution in [0.3, 0.4) is 0 Å². The van der Waals surface area contributed by atoms with Gasteiger partial charge in [0.15, 0.2) is 18.1 Å². The number of nitrogens with one attached hydrogen (secondary N) is 1. The molecule has 0 saturated carbocycles. The number of benzene rings is 2. The van der Waals surface area contributed by atoms with Crippen LogP contribution in [0.25, 0.3) is 6.08 Å². The van der Waals surface area contributed by atoms with Gasteiger partial charge < -0.3 is 19.7 Å². The molecule has 0 aromatic heterocycles. The predicted octanol–water partition coefficient (Wildman–Crippen LogP) is 3.44. The summed E-state index contributed by atoms with van der Waals surface area (Å²) in [4.78, 5) is 17.0. The summed E-state index contributed by atoms with van der Waals surface area (Å²) in [5.74, 6) is 1.08. The molecule has 1 heterocycles. The Morgan fingerprint density at radius 1 is 1.06 bits per heavy atom. The van der Waals surface area contributed by atoms with Crippen LogP contribution in [0.15, 0.2) is 54.6 Å². The van der Waals surface area contributed by atoms with Crippen molar-refractivity contribution in [1.29, 1.82) is 0 Å². The first-order valence-corrected chi connectivity index (χ1v) is 10.9. The first-order chi connectivity index (χ1) is 15.2. The third-order valence-electron chi connectivity index (χ3n) is 5.37. The van der Waals surface area contributed by atoms with Crippen LogP contribution in [0.4, 0.5) is 5.69 Å². The van der Waals surface area contributed by atoms with Crippen LogP contribution < -0.4 is 19.7 Å². The number of rotatable bonds is 10. The summed E-state index contributed by atoms with van der Waals surface area (Å²) < 4.78 is 11.0. The Kier molecular flexibility index (Phi) is 8.79. The minimum absolute atomic E-state index is 0.0188. The van der Waals surface area contributed by atoms with Crippen LogP contribution in [0.2, 0.25) is 0 Å². The molecule has 0 spiro atoms. The van der Waals surface area contributed by atoms with E-state index in [-0.39, 0.29) is 12.5 Å². The number of allylic oxidation sites excluding steroid dienone is 1. The van der Waals surface area contributed by atoms with Gasteiger partial charge in [-0.15, -0.1) is 0 Å². The fourth-order valence-corrected chi connectivity index (χ4v) is 3.69. The Balaban J connectivity index is 1.31. The molecule has 0 bridgehead atoms. The number of para-hydroxylation sites is 1. The summed E-state index contributed by atoms with van der Waals surface area (Å²) in [6.07, 6.45) is 4.88. The molecule has 6 heteroatoms. The highest BCUT2D eigenvalue weighted by atomic mass is 16.5. The average Bonchev–Trinajstić information content (AvgIpc) is 2.82. The van der Waals surface area contributed by atoms with Crippen molar-refractivity contribution in [2.24, 2.45) is 0 Å². The predicted molar refractivity (Wildman–Crippen MR) is 126 cm³/mol. The highest BCUT2D eigenvalue weighted by molar-refractivity contribution is 5.77. The highest BCUT2D eigenvalue weighted by Gasteiger charge is 2.16. The first kappa shape index (κ1) is 22.7. The zero-order chi connectivity index (χ0) is 21.9. The van der Waals surface area contributed by atoms with E-state index in [1.165, 1.54) is 5.69 Å². The topological polar surface area (TPSA) is 54.0 Å². The van der Waals surface area contributed by atoms with E-state index in [0.717, 1.165) is 44.7 Å². The number of piperazine rings is 1. The van der Waals surface area contributed by atoms with E-state index >= 15 is 0 Å². The smallest absolute Gasteiger partial charge is 0.257 e. The van der Waals surface area contributed by atoms with E-state index in [9.17, 15) is 4.79 Å². The van der Waals surface area contributed by atoms with Gasteiger partial charge in [0.2, 0.25) is 0 Å². The van der Waals surface area contributed by atoms with Gasteiger partial charge in [-0.3, -0.25) is 9.69 Å². The SMILES string of the molecule is C/C=C/c1ccc(OCC(=O)NCCCN2CCN(c3ccccc3)CC2)c(OC)c1. The number of amides is 1. The van der Waals surface area contributed by atoms with Gasteiger partial charge in [-0.1, -0.05) is 36.4 Å². The third-order valence-corrected chi connectivity index (χ3v) is 5.37. The lowest BCUT2D eigenvalue weighted by Gasteiger charge is -2.36. The molecular formula is C25H33N3O3. The van der Waals surface area contributed by atoms with E-state index in [0.29, 0.717) is 18.0 Å². The summed E-state index contributed by atoms with van der Waals surface area (Å²) in [7, 11) is 1.60. The molecule has 0 unspecified atom stereocenters. The van der Waals surface area contributed by atoms with Gasteiger partial charge in [0.05, 0.1) is 7.11 Å². The molecule has 1 amide bonds. The fourth-order valence-electron chi connectivity index (χ4n) is 3.69. The normalized spacial score (nSPS) is 14.6. The van der Waals surface area contributed by atoms with Crippen molar-refractivity contribution in [2.75, 3.05) is 57.9 Å². The van der Waals surface area contributed by atoms with Crippen molar-refractivity contribution in [3.05, 3.63) is 60.2 Å². The lowest BCUT2D eigenvalue weighted by atomic mass is 10.2. The third kappa shape index (κ3) is 7.03. The Morgan fingerprint density at radius 2 is 1.84 bits per heavy atom. The quantitative estimate of drug-likeness (QED) is 0.594. The number of methoxy groups -OCH3 is 1. The fraction of sp³-hybridized carbons (Fsp3) is 0.400. The van der Waals surface area contributed by atoms with Gasteiger partial charge in [0.25, 0.3) is 5.91 Å². The minimum atomic E-state index is -0.117. The van der Waals surface area contributed by atoms with Crippen LogP contribution in [-0.2, 0) is 4.79 Å². The molecule has 2 aromatic carbocycles. The molecule has 3 rings (SSSR count). The van der Waals surface area contributed by atoms with Crippen molar-refractivity contribution in [3.63, 3.8) is 0 Å². The zero-order valence-electron chi connectivity index (χ0n) is 18.5. The molecule has 0 radical (unpaired) electrons. The van der Waals surface area contributed by atoms with Gasteiger partial charge >= 0.3 is 0 Å². The second-order valence-electron chi connectivity index (χ2n) is 7.57. The maximum atomic E-state index is 12.1. The molecule has 2 aromatic rings. The van der Waals surface area contributed by atoms with Gasteiger partial charge in [-0.2, -0.15) is 0 Å². The molecule has 1 N–H and O–H groups in total. The molecule has 0 atom stereocenters. The van der Waals surface area contributed by atoms with Crippen molar-refractivity contribution in [1.82, 2.24) is 10.2 Å². The molecule has 1 fully saturated rings. The number of hydrogen-bond donors (Lipinski definition) is 1. The number of ether oxygens (including phenoxy) is 2. The van der Waals surface area contributed by atoms with Crippen molar-refractivity contribution < 1.29 is 14.3 Å². The summed E-state index contributed by atoms with van der Waals surface area (Å²) in [6.45, 7) is 7.77. The molecular weight excluding hydrogens is 390 g/mol. The monoisotopic (exact) mass is 423 g/mol. The number of hydrogen-bond acceptors (Lipinski definition) is 5. The summed E-state index contributed by atoms with van der Waals surface area (Å²) in [5.41, 5.74) is 2.32. The highest BCUT2D eigenvalue weighted by Crippen LogP contribution is 2.28. The average molecular weight is 424 g/mol. The molecule has 1 aliphatic heterocycles. The van der Waals surface area contributed by atoms with Gasteiger partial charge in [0.1, 0.15) is 0 Å². The summed E-state index contributed by atoms with van der Waals surface area (Å²) >= 11 is 0. The summed E-state index contributed by atoms with van der Waals surface area (Å²) in [6, 6.07) is 16.2. The minimum Gasteiger partial charge on any atom is -0.493 e. The Bertz CT molecular complexity index is 846. The molecule has 6 nitrogen and oxygen atoms in total. The van der Waals surface area contributed by atoms with Gasteiger partial charge in [-0.05, 0) is 49.7 Å². The Labute approximate surface area is 185 Å². The lowest BCUT2D eigenvalue weighted by molar-refractivity contribution is -0.123. The van der Waals surface area contributed by atoms with E-state index in [1.807, 2.05) is 37.3 Å². The molecule has 1 saturated heterocycles. The Hall–Kier alpha value is -2.99. The second-order valence-corrected chi connectivity index (χ2v) is 7.57. The maximum Gasteiger partial charge on any atom is 0.257 e. The van der Waals surface area contributed by atoms with Crippen LogP contribution in [0.1, 0.15) is 18.9 Å². The van der Waals surface area contributed by atoms with Crippen LogP contribution >= 0.6 is 0 Å². The number of anilines is 1. The van der Waals surface area contributed by atoms with E-state index in [4.69, 9.17) is 9.47 Å². The van der Waals surface area contributed by atoms with Crippen molar-refractivity contribution in [2.45, 2.75) is 13.3 Å². The van der Waals surface area contributed by atoms with Crippen LogP contribution in [-0.4, -0.2) is 63.8 Å². The van der Waals surface area contributed by atoms with Crippen molar-refractivity contribution in [3.8, 4) is 11.5 Å². The summed E-state index contributed by atoms with van der Waals surface area (Å²) in [5, 5.41) is 2.94. The van der Waals surface area contributed by atoms with Crippen LogP contribution in [0.5, 0.6) is 11.5 Å². The van der Waals surface area contributed by atoms with Gasteiger partial charge in [-0.25, -0.2) is 0 Å². The maximum absolute atomic E-state index is 12.1. The van der Waals surface area contributed by atoms with E-state index in [2.05, 4.69) is 45.4 Å². The number of carbonyl (C=O) groups excluding carboxylic acids is 1. The largest absolute Gasteiger partial charge is 0.493 e. The number of nitrogens with zero attached hydrogens (tertiary/aromatic N) is 2. The first-order valence-electron chi connectivity index (χ1n) is 10.9. The Morgan fingerprint density at radius 3 is 2.55 bits per heavy atom. The standard InChI is InChI=1S/C25H33N3O3/c1-3-8-21-11-12-23(24(19-21)30-2)31-20-25(29)26-13-7-14-27-15-17-28(18-16-27)22-9-5-4-6-10-22/h3-6,8-12,19H,7,13-18,20H2,1-2H3,(H,26,29)/b8-3+. The lowest BCUT2D eigenvalue weighted by Crippen LogP contribution is -2.47. The zero-order valence-corrected chi connectivity index (χ0v) is 18.5. The second kappa shape index (κ2) is 12.0. The van der Waals surface area contributed by atoms with E-state index < -0.39 is 0 Å². The molecule has 1 aliphatic rings. The van der Waals surface area contributed by atoms with Gasteiger partial charge in [0, 0.05) is 38.4 Å².